The molecule has 22 heavy (non-hydrogen) atoms. The molecule has 0 radical (unpaired) electrons. The summed E-state index contributed by atoms with van der Waals surface area (Å²) in [6, 6.07) is 4.13. The van der Waals surface area contributed by atoms with Gasteiger partial charge in [-0.25, -0.2) is 0 Å². The van der Waals surface area contributed by atoms with E-state index in [0.717, 1.165) is 52.2 Å². The lowest BCUT2D eigenvalue weighted by molar-refractivity contribution is -0.0902. The minimum Gasteiger partial charge on any atom is -0.377 e. The van der Waals surface area contributed by atoms with Crippen LogP contribution in [0, 0.1) is 0 Å². The SMILES string of the molecule is CN(C)C[C@@H]1CC[C@]2(COCCN(Cc3cccnc3)C2)O1. The van der Waals surface area contributed by atoms with E-state index in [9.17, 15) is 0 Å². The van der Waals surface area contributed by atoms with E-state index in [1.54, 1.807) is 0 Å². The van der Waals surface area contributed by atoms with Crippen LogP contribution in [0.2, 0.25) is 0 Å². The largest absolute Gasteiger partial charge is 0.377 e. The molecule has 0 bridgehead atoms. The highest BCUT2D eigenvalue weighted by Crippen LogP contribution is 2.33. The fourth-order valence-electron chi connectivity index (χ4n) is 3.52. The van der Waals surface area contributed by atoms with Gasteiger partial charge in [-0.2, -0.15) is 0 Å². The molecule has 2 aliphatic rings. The van der Waals surface area contributed by atoms with E-state index in [1.807, 2.05) is 18.5 Å². The molecule has 0 amide bonds. The van der Waals surface area contributed by atoms with E-state index in [4.69, 9.17) is 9.47 Å². The Balaban J connectivity index is 1.63. The van der Waals surface area contributed by atoms with Gasteiger partial charge in [0.15, 0.2) is 0 Å². The van der Waals surface area contributed by atoms with Crippen molar-refractivity contribution in [1.82, 2.24) is 14.8 Å². The molecule has 3 rings (SSSR count). The second-order valence-corrected chi connectivity index (χ2v) is 6.85. The van der Waals surface area contributed by atoms with Crippen LogP contribution in [0.15, 0.2) is 24.5 Å². The highest BCUT2D eigenvalue weighted by molar-refractivity contribution is 5.08. The number of ether oxygens (including phenoxy) is 2. The zero-order chi connectivity index (χ0) is 15.4. The molecule has 0 aliphatic carbocycles. The van der Waals surface area contributed by atoms with Crippen molar-refractivity contribution in [2.45, 2.75) is 31.1 Å². The number of aromatic nitrogens is 1. The molecule has 0 aromatic carbocycles. The van der Waals surface area contributed by atoms with Crippen LogP contribution in [0.3, 0.4) is 0 Å². The first kappa shape index (κ1) is 15.9. The summed E-state index contributed by atoms with van der Waals surface area (Å²) in [6.45, 7) is 5.32. The Morgan fingerprint density at radius 2 is 2.36 bits per heavy atom. The molecule has 2 atom stereocenters. The number of nitrogens with zero attached hydrogens (tertiary/aromatic N) is 3. The van der Waals surface area contributed by atoms with Gasteiger partial charge in [0.05, 0.1) is 19.3 Å². The van der Waals surface area contributed by atoms with Gasteiger partial charge < -0.3 is 14.4 Å². The molecule has 0 N–H and O–H groups in total. The van der Waals surface area contributed by atoms with Crippen LogP contribution in [0.4, 0.5) is 0 Å². The fourth-order valence-corrected chi connectivity index (χ4v) is 3.52. The van der Waals surface area contributed by atoms with E-state index in [1.165, 1.54) is 5.56 Å². The van der Waals surface area contributed by atoms with Gasteiger partial charge in [-0.3, -0.25) is 9.88 Å². The molecule has 122 valence electrons. The summed E-state index contributed by atoms with van der Waals surface area (Å²) in [5.41, 5.74) is 1.13. The van der Waals surface area contributed by atoms with Gasteiger partial charge in [0, 0.05) is 38.6 Å². The first-order valence-electron chi connectivity index (χ1n) is 8.17. The Morgan fingerprint density at radius 1 is 1.45 bits per heavy atom. The third-order valence-corrected chi connectivity index (χ3v) is 4.47. The van der Waals surface area contributed by atoms with E-state index in [0.29, 0.717) is 6.10 Å². The van der Waals surface area contributed by atoms with E-state index < -0.39 is 0 Å². The number of likely N-dealkylation sites (N-methyl/N-ethyl adjacent to an activating group) is 1. The summed E-state index contributed by atoms with van der Waals surface area (Å²) < 4.78 is 12.3. The quantitative estimate of drug-likeness (QED) is 0.840. The topological polar surface area (TPSA) is 37.8 Å². The normalized spacial score (nSPS) is 30.0. The van der Waals surface area contributed by atoms with Crippen molar-refractivity contribution in [3.05, 3.63) is 30.1 Å². The van der Waals surface area contributed by atoms with Crippen LogP contribution in [-0.2, 0) is 16.0 Å². The molecule has 3 heterocycles. The van der Waals surface area contributed by atoms with Gasteiger partial charge in [-0.05, 0) is 38.6 Å². The minimum atomic E-state index is -0.126. The van der Waals surface area contributed by atoms with Gasteiger partial charge in [0.1, 0.15) is 5.60 Å². The van der Waals surface area contributed by atoms with Crippen molar-refractivity contribution >= 4 is 0 Å². The molecule has 1 aromatic rings. The van der Waals surface area contributed by atoms with Gasteiger partial charge in [0.25, 0.3) is 0 Å². The second kappa shape index (κ2) is 7.04. The zero-order valence-corrected chi connectivity index (χ0v) is 13.7. The third kappa shape index (κ3) is 4.04. The van der Waals surface area contributed by atoms with Crippen LogP contribution in [0.1, 0.15) is 18.4 Å². The smallest absolute Gasteiger partial charge is 0.105 e. The Morgan fingerprint density at radius 3 is 3.14 bits per heavy atom. The maximum absolute atomic E-state index is 6.42. The minimum absolute atomic E-state index is 0.126. The average Bonchev–Trinajstić information content (AvgIpc) is 2.75. The number of pyridine rings is 1. The molecule has 5 heteroatoms. The summed E-state index contributed by atoms with van der Waals surface area (Å²) in [7, 11) is 4.21. The van der Waals surface area contributed by atoms with Crippen LogP contribution in [0.5, 0.6) is 0 Å². The Bertz CT molecular complexity index is 468. The van der Waals surface area contributed by atoms with Gasteiger partial charge in [-0.15, -0.1) is 0 Å². The lowest BCUT2D eigenvalue weighted by Crippen LogP contribution is -2.45. The lowest BCUT2D eigenvalue weighted by Gasteiger charge is -2.32. The lowest BCUT2D eigenvalue weighted by atomic mass is 10.00. The molecule has 2 aliphatic heterocycles. The van der Waals surface area contributed by atoms with Gasteiger partial charge in [0.2, 0.25) is 0 Å². The Labute approximate surface area is 133 Å². The summed E-state index contributed by atoms with van der Waals surface area (Å²) in [5.74, 6) is 0. The van der Waals surface area contributed by atoms with Gasteiger partial charge >= 0.3 is 0 Å². The average molecular weight is 305 g/mol. The molecular formula is C17H27N3O2. The number of rotatable bonds is 4. The van der Waals surface area contributed by atoms with Crippen LogP contribution >= 0.6 is 0 Å². The highest BCUT2D eigenvalue weighted by atomic mass is 16.6. The molecule has 5 nitrogen and oxygen atoms in total. The van der Waals surface area contributed by atoms with Crippen LogP contribution < -0.4 is 0 Å². The molecule has 0 unspecified atom stereocenters. The zero-order valence-electron chi connectivity index (χ0n) is 13.7. The first-order chi connectivity index (χ1) is 10.7. The molecular weight excluding hydrogens is 278 g/mol. The van der Waals surface area contributed by atoms with Crippen molar-refractivity contribution < 1.29 is 9.47 Å². The third-order valence-electron chi connectivity index (χ3n) is 4.47. The van der Waals surface area contributed by atoms with Crippen molar-refractivity contribution in [1.29, 1.82) is 0 Å². The van der Waals surface area contributed by atoms with Crippen molar-refractivity contribution in [2.24, 2.45) is 0 Å². The molecule has 2 saturated heterocycles. The van der Waals surface area contributed by atoms with Crippen molar-refractivity contribution in [3.63, 3.8) is 0 Å². The Kier molecular flexibility index (Phi) is 5.08. The highest BCUT2D eigenvalue weighted by Gasteiger charge is 2.43. The molecule has 1 spiro atoms. The van der Waals surface area contributed by atoms with Crippen molar-refractivity contribution in [3.8, 4) is 0 Å². The summed E-state index contributed by atoms with van der Waals surface area (Å²) in [6.07, 6.45) is 6.32. The second-order valence-electron chi connectivity index (χ2n) is 6.85. The molecule has 2 fully saturated rings. The van der Waals surface area contributed by atoms with E-state index in [2.05, 4.69) is 34.9 Å². The molecule has 0 saturated carbocycles. The van der Waals surface area contributed by atoms with Gasteiger partial charge in [-0.1, -0.05) is 6.07 Å². The van der Waals surface area contributed by atoms with Crippen LogP contribution in [-0.4, -0.2) is 73.4 Å². The monoisotopic (exact) mass is 305 g/mol. The maximum Gasteiger partial charge on any atom is 0.105 e. The predicted octanol–water partition coefficient (Wildman–Crippen LogP) is 1.39. The number of hydrogen-bond donors (Lipinski definition) is 0. The Hall–Kier alpha value is -1.01. The van der Waals surface area contributed by atoms with E-state index >= 15 is 0 Å². The number of hydrogen-bond acceptors (Lipinski definition) is 5. The summed E-state index contributed by atoms with van der Waals surface area (Å²) >= 11 is 0. The summed E-state index contributed by atoms with van der Waals surface area (Å²) in [5, 5.41) is 0. The predicted molar refractivity (Wildman–Crippen MR) is 85.7 cm³/mol. The first-order valence-corrected chi connectivity index (χ1v) is 8.17. The van der Waals surface area contributed by atoms with E-state index in [-0.39, 0.29) is 5.60 Å². The maximum atomic E-state index is 6.42. The standard InChI is InChI=1S/C17H27N3O2/c1-19(2)12-16-5-6-17(22-16)13-20(8-9-21-14-17)11-15-4-3-7-18-10-15/h3-4,7,10,16H,5-6,8-9,11-14H2,1-2H3/t16-,17-/m0/s1. The summed E-state index contributed by atoms with van der Waals surface area (Å²) in [4.78, 5) is 8.86. The van der Waals surface area contributed by atoms with Crippen LogP contribution in [0.25, 0.3) is 0 Å². The fraction of sp³-hybridized carbons (Fsp3) is 0.706. The molecule has 1 aromatic heterocycles. The van der Waals surface area contributed by atoms with Crippen molar-refractivity contribution in [2.75, 3.05) is 46.9 Å².